The molecule has 1 saturated heterocycles. The van der Waals surface area contributed by atoms with E-state index >= 15 is 0 Å². The normalized spacial score (nSPS) is 17.7. The van der Waals surface area contributed by atoms with Crippen molar-refractivity contribution < 1.29 is 19.0 Å². The molecule has 1 aromatic carbocycles. The Morgan fingerprint density at radius 2 is 2.13 bits per heavy atom. The number of hydrogen-bond donors (Lipinski definition) is 3. The molecule has 3 aromatic rings. The van der Waals surface area contributed by atoms with Gasteiger partial charge in [0.25, 0.3) is 5.91 Å². The molecule has 10 nitrogen and oxygen atoms in total. The number of nitrogens with zero attached hydrogens (tertiary/aromatic N) is 3. The van der Waals surface area contributed by atoms with Gasteiger partial charge in [0.15, 0.2) is 17.1 Å². The van der Waals surface area contributed by atoms with Crippen molar-refractivity contribution in [3.8, 4) is 11.5 Å². The van der Waals surface area contributed by atoms with Gasteiger partial charge in [0.05, 0.1) is 24.5 Å². The molecule has 1 amide bonds. The maximum absolute atomic E-state index is 12.8. The molecule has 1 atom stereocenters. The van der Waals surface area contributed by atoms with Crippen molar-refractivity contribution in [1.29, 1.82) is 0 Å². The lowest BCUT2D eigenvalue weighted by Crippen LogP contribution is -2.35. The quantitative estimate of drug-likeness (QED) is 0.584. The minimum absolute atomic E-state index is 0.00511. The van der Waals surface area contributed by atoms with Gasteiger partial charge in [-0.1, -0.05) is 6.07 Å². The van der Waals surface area contributed by atoms with Crippen molar-refractivity contribution in [3.05, 3.63) is 36.0 Å². The predicted octanol–water partition coefficient (Wildman–Crippen LogP) is 1.80. The van der Waals surface area contributed by atoms with Crippen LogP contribution in [0.5, 0.6) is 11.5 Å². The second-order valence-corrected chi connectivity index (χ2v) is 7.06. The number of amides is 1. The summed E-state index contributed by atoms with van der Waals surface area (Å²) < 4.78 is 18.4. The molecule has 10 heteroatoms. The van der Waals surface area contributed by atoms with Crippen LogP contribution in [-0.4, -0.2) is 60.0 Å². The van der Waals surface area contributed by atoms with E-state index in [2.05, 4.69) is 26.0 Å². The third-order valence-corrected chi connectivity index (χ3v) is 5.07. The van der Waals surface area contributed by atoms with Crippen molar-refractivity contribution in [2.45, 2.75) is 12.5 Å². The highest BCUT2D eigenvalue weighted by Gasteiger charge is 2.23. The van der Waals surface area contributed by atoms with Crippen molar-refractivity contribution in [2.75, 3.05) is 44.1 Å². The molecule has 3 N–H and O–H groups in total. The Balaban J connectivity index is 1.49. The van der Waals surface area contributed by atoms with Crippen LogP contribution >= 0.6 is 0 Å². The van der Waals surface area contributed by atoms with E-state index in [1.165, 1.54) is 6.20 Å². The van der Waals surface area contributed by atoms with Crippen LogP contribution in [0.3, 0.4) is 0 Å². The number of benzene rings is 1. The first-order valence-corrected chi connectivity index (χ1v) is 9.83. The van der Waals surface area contributed by atoms with Gasteiger partial charge in [-0.25, -0.2) is 4.98 Å². The van der Waals surface area contributed by atoms with Crippen LogP contribution < -0.4 is 25.4 Å². The molecule has 2 aromatic heterocycles. The number of anilines is 3. The Labute approximate surface area is 172 Å². The van der Waals surface area contributed by atoms with Gasteiger partial charge in [-0.05, 0) is 18.6 Å². The standard InChI is InChI=1S/C20H22N6O4/c1-21-17-9-16(24-14-3-2-4-15-18(14)30-8-7-29-15)25-19-13(10-22-26(17)19)20(27)23-12-5-6-28-11-12/h2-4,9-10,12,21H,5-8,11H2,1H3,(H,23,27)(H,24,25). The van der Waals surface area contributed by atoms with Crippen LogP contribution in [0.2, 0.25) is 0 Å². The first-order chi connectivity index (χ1) is 14.7. The lowest BCUT2D eigenvalue weighted by Gasteiger charge is -2.21. The van der Waals surface area contributed by atoms with Crippen molar-refractivity contribution >= 4 is 28.9 Å². The monoisotopic (exact) mass is 410 g/mol. The Hall–Kier alpha value is -3.53. The van der Waals surface area contributed by atoms with E-state index in [-0.39, 0.29) is 11.9 Å². The minimum Gasteiger partial charge on any atom is -0.486 e. The lowest BCUT2D eigenvalue weighted by atomic mass is 10.2. The molecule has 0 bridgehead atoms. The molecule has 2 aliphatic heterocycles. The number of hydrogen-bond acceptors (Lipinski definition) is 8. The lowest BCUT2D eigenvalue weighted by molar-refractivity contribution is 0.0931. The molecular weight excluding hydrogens is 388 g/mol. The number of nitrogens with one attached hydrogen (secondary N) is 3. The molecule has 0 spiro atoms. The predicted molar refractivity (Wildman–Crippen MR) is 110 cm³/mol. The number of aromatic nitrogens is 3. The molecule has 1 fully saturated rings. The number of rotatable bonds is 5. The van der Waals surface area contributed by atoms with E-state index in [1.54, 1.807) is 11.6 Å². The number of carbonyl (C=O) groups excluding carboxylic acids is 1. The van der Waals surface area contributed by atoms with E-state index in [0.29, 0.717) is 60.8 Å². The molecule has 30 heavy (non-hydrogen) atoms. The summed E-state index contributed by atoms with van der Waals surface area (Å²) in [5, 5.41) is 13.7. The number of para-hydroxylation sites is 1. The zero-order valence-electron chi connectivity index (χ0n) is 16.5. The summed E-state index contributed by atoms with van der Waals surface area (Å²) in [6, 6.07) is 7.46. The highest BCUT2D eigenvalue weighted by Crippen LogP contribution is 2.38. The van der Waals surface area contributed by atoms with Crippen LogP contribution in [0.4, 0.5) is 17.3 Å². The van der Waals surface area contributed by atoms with Crippen molar-refractivity contribution in [1.82, 2.24) is 19.9 Å². The second kappa shape index (κ2) is 7.71. The molecule has 0 aliphatic carbocycles. The summed E-state index contributed by atoms with van der Waals surface area (Å²) in [6.07, 6.45) is 2.33. The van der Waals surface area contributed by atoms with Gasteiger partial charge in [0, 0.05) is 19.7 Å². The zero-order valence-corrected chi connectivity index (χ0v) is 16.5. The molecule has 4 heterocycles. The van der Waals surface area contributed by atoms with Crippen LogP contribution in [0, 0.1) is 0 Å². The second-order valence-electron chi connectivity index (χ2n) is 7.06. The van der Waals surface area contributed by atoms with Crippen LogP contribution in [0.1, 0.15) is 16.8 Å². The average Bonchev–Trinajstić information content (AvgIpc) is 3.43. The first kappa shape index (κ1) is 18.5. The largest absolute Gasteiger partial charge is 0.486 e. The summed E-state index contributed by atoms with van der Waals surface area (Å²) in [4.78, 5) is 17.4. The summed E-state index contributed by atoms with van der Waals surface area (Å²) in [6.45, 7) is 2.18. The van der Waals surface area contributed by atoms with Gasteiger partial charge < -0.3 is 30.2 Å². The number of ether oxygens (including phenoxy) is 3. The average molecular weight is 410 g/mol. The van der Waals surface area contributed by atoms with Gasteiger partial charge in [-0.3, -0.25) is 4.79 Å². The van der Waals surface area contributed by atoms with E-state index in [9.17, 15) is 4.79 Å². The molecule has 1 unspecified atom stereocenters. The van der Waals surface area contributed by atoms with Crippen LogP contribution in [-0.2, 0) is 4.74 Å². The van der Waals surface area contributed by atoms with Crippen LogP contribution in [0.25, 0.3) is 5.65 Å². The summed E-state index contributed by atoms with van der Waals surface area (Å²) in [7, 11) is 1.79. The van der Waals surface area contributed by atoms with Gasteiger partial charge in [0.2, 0.25) is 0 Å². The Morgan fingerprint density at radius 1 is 1.23 bits per heavy atom. The molecular formula is C20H22N6O4. The topological polar surface area (TPSA) is 111 Å². The maximum atomic E-state index is 12.8. The highest BCUT2D eigenvalue weighted by atomic mass is 16.6. The third-order valence-electron chi connectivity index (χ3n) is 5.07. The summed E-state index contributed by atoms with van der Waals surface area (Å²) >= 11 is 0. The zero-order chi connectivity index (χ0) is 20.5. The molecule has 2 aliphatic rings. The van der Waals surface area contributed by atoms with Gasteiger partial charge in [-0.2, -0.15) is 9.61 Å². The third kappa shape index (κ3) is 3.35. The van der Waals surface area contributed by atoms with Crippen molar-refractivity contribution in [3.63, 3.8) is 0 Å². The van der Waals surface area contributed by atoms with Gasteiger partial charge >= 0.3 is 0 Å². The van der Waals surface area contributed by atoms with E-state index in [4.69, 9.17) is 14.2 Å². The summed E-state index contributed by atoms with van der Waals surface area (Å²) in [5.74, 6) is 2.34. The van der Waals surface area contributed by atoms with E-state index in [1.807, 2.05) is 24.3 Å². The van der Waals surface area contributed by atoms with E-state index in [0.717, 1.165) is 12.1 Å². The van der Waals surface area contributed by atoms with Gasteiger partial charge in [0.1, 0.15) is 30.4 Å². The number of fused-ring (bicyclic) bond motifs is 2. The highest BCUT2D eigenvalue weighted by molar-refractivity contribution is 6.00. The Kier molecular flexibility index (Phi) is 4.75. The molecule has 0 saturated carbocycles. The Bertz CT molecular complexity index is 1090. The fraction of sp³-hybridized carbons (Fsp3) is 0.350. The SMILES string of the molecule is CNc1cc(Nc2cccc3c2OCCO3)nc2c(C(=O)NC3CCOC3)cnn12. The minimum atomic E-state index is -0.221. The fourth-order valence-electron chi connectivity index (χ4n) is 3.59. The van der Waals surface area contributed by atoms with Crippen molar-refractivity contribution in [2.24, 2.45) is 0 Å². The Morgan fingerprint density at radius 3 is 2.97 bits per heavy atom. The fourth-order valence-corrected chi connectivity index (χ4v) is 3.59. The summed E-state index contributed by atoms with van der Waals surface area (Å²) in [5.41, 5.74) is 1.58. The van der Waals surface area contributed by atoms with Gasteiger partial charge in [-0.15, -0.1) is 0 Å². The van der Waals surface area contributed by atoms with E-state index < -0.39 is 0 Å². The molecule has 0 radical (unpaired) electrons. The van der Waals surface area contributed by atoms with Crippen LogP contribution in [0.15, 0.2) is 30.5 Å². The smallest absolute Gasteiger partial charge is 0.257 e. The number of carbonyl (C=O) groups is 1. The maximum Gasteiger partial charge on any atom is 0.257 e. The first-order valence-electron chi connectivity index (χ1n) is 9.83. The molecule has 156 valence electrons. The molecule has 5 rings (SSSR count).